The summed E-state index contributed by atoms with van der Waals surface area (Å²) >= 11 is 0. The topological polar surface area (TPSA) is 69.2 Å². The molecule has 0 aliphatic heterocycles. The number of benzene rings is 2. The summed E-state index contributed by atoms with van der Waals surface area (Å²) in [6.45, 7) is 4.71. The molecule has 0 saturated heterocycles. The van der Waals surface area contributed by atoms with Crippen LogP contribution in [0.4, 0.5) is 0 Å². The van der Waals surface area contributed by atoms with E-state index in [4.69, 9.17) is 15.3 Å². The van der Waals surface area contributed by atoms with Gasteiger partial charge in [0.25, 0.3) is 0 Å². The van der Waals surface area contributed by atoms with Crippen LogP contribution in [-0.2, 0) is 0 Å². The Balaban J connectivity index is -0.000000307. The molecule has 0 amide bonds. The van der Waals surface area contributed by atoms with Gasteiger partial charge in [0.15, 0.2) is 0 Å². The Hall–Kier alpha value is -1.15. The van der Waals surface area contributed by atoms with Crippen LogP contribution in [0.15, 0.2) is 60.7 Å². The molecule has 0 aliphatic rings. The van der Waals surface area contributed by atoms with E-state index in [2.05, 4.69) is 48.5 Å². The molecule has 22 heavy (non-hydrogen) atoms. The van der Waals surface area contributed by atoms with Gasteiger partial charge in [-0.3, -0.25) is 0 Å². The zero-order chi connectivity index (χ0) is 16.3. The molecule has 0 heterocycles. The molecule has 0 bridgehead atoms. The third kappa shape index (κ3) is 16.9. The fourth-order valence-corrected chi connectivity index (χ4v) is 1.26. The fourth-order valence-electron chi connectivity index (χ4n) is 1.26. The molecular weight excluding hydrogens is 291 g/mol. The Morgan fingerprint density at radius 2 is 0.727 bits per heavy atom. The monoisotopic (exact) mass is 316 g/mol. The van der Waals surface area contributed by atoms with Crippen LogP contribution >= 0.6 is 0 Å². The van der Waals surface area contributed by atoms with Crippen LogP contribution in [0.3, 0.4) is 0 Å². The first-order chi connectivity index (χ1) is 10.2. The summed E-state index contributed by atoms with van der Waals surface area (Å²) in [7, 11) is 0. The van der Waals surface area contributed by atoms with E-state index in [1.54, 1.807) is 20.8 Å². The molecule has 0 unspecified atom stereocenters. The van der Waals surface area contributed by atoms with Gasteiger partial charge >= 0.3 is 17.4 Å². The van der Waals surface area contributed by atoms with Gasteiger partial charge in [0.1, 0.15) is 0 Å². The number of rotatable bonds is 1. The summed E-state index contributed by atoms with van der Waals surface area (Å²) < 4.78 is 0. The van der Waals surface area contributed by atoms with Crippen molar-refractivity contribution in [3.63, 3.8) is 0 Å². The Labute approximate surface area is 145 Å². The van der Waals surface area contributed by atoms with Crippen molar-refractivity contribution in [1.29, 1.82) is 0 Å². The largest absolute Gasteiger partial charge is 3.00 e. The summed E-state index contributed by atoms with van der Waals surface area (Å²) in [6, 6.07) is 20.8. The molecule has 0 aliphatic carbocycles. The summed E-state index contributed by atoms with van der Waals surface area (Å²) in [4.78, 5) is 0. The molecule has 0 radical (unpaired) electrons. The molecule has 0 fully saturated rings. The number of hydrogen-bond acceptors (Lipinski definition) is 3. The molecule has 0 atom stereocenters. The average molecular weight is 316 g/mol. The molecule has 2 aromatic carbocycles. The second kappa shape index (κ2) is 22.1. The van der Waals surface area contributed by atoms with E-state index in [9.17, 15) is 0 Å². The van der Waals surface area contributed by atoms with Crippen molar-refractivity contribution in [2.75, 3.05) is 19.8 Å². The van der Waals surface area contributed by atoms with E-state index in [1.165, 1.54) is 11.1 Å². The van der Waals surface area contributed by atoms with Crippen molar-refractivity contribution in [3.05, 3.63) is 60.7 Å². The van der Waals surface area contributed by atoms with Gasteiger partial charge in [-0.25, -0.2) is 0 Å². The van der Waals surface area contributed by atoms with Crippen LogP contribution < -0.4 is 15.3 Å². The van der Waals surface area contributed by atoms with Crippen molar-refractivity contribution in [2.24, 2.45) is 0 Å². The van der Waals surface area contributed by atoms with E-state index in [-0.39, 0.29) is 37.2 Å². The zero-order valence-electron chi connectivity index (χ0n) is 13.7. The third-order valence-electron chi connectivity index (χ3n) is 1.88. The van der Waals surface area contributed by atoms with Crippen molar-refractivity contribution in [1.82, 2.24) is 0 Å². The van der Waals surface area contributed by atoms with Crippen molar-refractivity contribution in [3.8, 4) is 11.1 Å². The second-order valence-electron chi connectivity index (χ2n) is 3.60. The van der Waals surface area contributed by atoms with Crippen LogP contribution in [0.1, 0.15) is 20.8 Å². The van der Waals surface area contributed by atoms with Gasteiger partial charge in [0.05, 0.1) is 0 Å². The van der Waals surface area contributed by atoms with E-state index in [0.717, 1.165) is 0 Å². The smallest absolute Gasteiger partial charge is 0.855 e. The molecule has 4 heteroatoms. The molecular formula is C18H25AlO3. The molecule has 3 nitrogen and oxygen atoms in total. The van der Waals surface area contributed by atoms with E-state index >= 15 is 0 Å². The molecule has 0 saturated carbocycles. The molecule has 0 spiro atoms. The van der Waals surface area contributed by atoms with E-state index in [0.29, 0.717) is 0 Å². The fraction of sp³-hybridized carbons (Fsp3) is 0.333. The van der Waals surface area contributed by atoms with Gasteiger partial charge in [0.2, 0.25) is 0 Å². The van der Waals surface area contributed by atoms with Crippen LogP contribution in [0, 0.1) is 0 Å². The summed E-state index contributed by atoms with van der Waals surface area (Å²) in [5.41, 5.74) is 2.55. The second-order valence-corrected chi connectivity index (χ2v) is 3.60. The van der Waals surface area contributed by atoms with Crippen molar-refractivity contribution < 1.29 is 15.3 Å². The first-order valence-electron chi connectivity index (χ1n) is 7.06. The Kier molecular flexibility index (Phi) is 25.9. The quantitative estimate of drug-likeness (QED) is 0.739. The van der Waals surface area contributed by atoms with Gasteiger partial charge in [-0.2, -0.15) is 0 Å². The summed E-state index contributed by atoms with van der Waals surface area (Å²) in [5.74, 6) is 0. The van der Waals surface area contributed by atoms with E-state index in [1.807, 2.05) is 12.1 Å². The predicted molar refractivity (Wildman–Crippen MR) is 89.3 cm³/mol. The van der Waals surface area contributed by atoms with Crippen molar-refractivity contribution >= 4 is 17.4 Å². The van der Waals surface area contributed by atoms with Crippen LogP contribution in [0.2, 0.25) is 0 Å². The molecule has 2 rings (SSSR count). The SMILES string of the molecule is CC[O-].CC[O-].CC[O-].[Al+3].c1ccc(-c2ccccc2)cc1. The maximum Gasteiger partial charge on any atom is 3.00 e. The Morgan fingerprint density at radius 3 is 0.909 bits per heavy atom. The van der Waals surface area contributed by atoms with Gasteiger partial charge < -0.3 is 15.3 Å². The maximum absolute atomic E-state index is 8.93. The van der Waals surface area contributed by atoms with Crippen LogP contribution in [-0.4, -0.2) is 37.2 Å². The van der Waals surface area contributed by atoms with Crippen LogP contribution in [0.25, 0.3) is 11.1 Å². The molecule has 0 aromatic heterocycles. The third-order valence-corrected chi connectivity index (χ3v) is 1.88. The van der Waals surface area contributed by atoms with Gasteiger partial charge in [0, 0.05) is 0 Å². The Morgan fingerprint density at radius 1 is 0.545 bits per heavy atom. The predicted octanol–water partition coefficient (Wildman–Crippen LogP) is 1.07. The van der Waals surface area contributed by atoms with E-state index < -0.39 is 0 Å². The van der Waals surface area contributed by atoms with Gasteiger partial charge in [-0.1, -0.05) is 81.4 Å². The number of hydrogen-bond donors (Lipinski definition) is 0. The normalized spacial score (nSPS) is 7.73. The minimum Gasteiger partial charge on any atom is -0.855 e. The van der Waals surface area contributed by atoms with Gasteiger partial charge in [-0.05, 0) is 11.1 Å². The first-order valence-corrected chi connectivity index (χ1v) is 7.06. The minimum atomic E-state index is 0. The average Bonchev–Trinajstić information content (AvgIpc) is 2.51. The maximum atomic E-state index is 8.93. The first kappa shape index (κ1) is 25.8. The summed E-state index contributed by atoms with van der Waals surface area (Å²) in [6.07, 6.45) is 0. The van der Waals surface area contributed by atoms with Crippen molar-refractivity contribution in [2.45, 2.75) is 20.8 Å². The molecule has 0 N–H and O–H groups in total. The summed E-state index contributed by atoms with van der Waals surface area (Å²) in [5, 5.41) is 26.8. The van der Waals surface area contributed by atoms with Gasteiger partial charge in [-0.15, -0.1) is 19.8 Å². The standard InChI is InChI=1S/C12H10.3C2H5O.Al/c1-3-7-11(8-4-1)12-9-5-2-6-10-12;3*1-2-3;/h1-10H;3*2H2,1H3;/q;3*-1;+3. The Bertz CT molecular complexity index is 351. The minimum absolute atomic E-state index is 0. The molecule has 118 valence electrons. The van der Waals surface area contributed by atoms with Crippen LogP contribution in [0.5, 0.6) is 0 Å². The molecule has 2 aromatic rings. The zero-order valence-corrected chi connectivity index (χ0v) is 14.9.